The van der Waals surface area contributed by atoms with Gasteiger partial charge in [0.1, 0.15) is 6.04 Å². The molecule has 4 rings (SSSR count). The van der Waals surface area contributed by atoms with Crippen LogP contribution in [0.1, 0.15) is 40.0 Å². The molecule has 2 atom stereocenters. The van der Waals surface area contributed by atoms with Crippen molar-refractivity contribution in [2.24, 2.45) is 0 Å². The van der Waals surface area contributed by atoms with E-state index in [0.717, 1.165) is 30.1 Å². The summed E-state index contributed by atoms with van der Waals surface area (Å²) in [6.45, 7) is 1.84. The highest BCUT2D eigenvalue weighted by Crippen LogP contribution is 2.30. The molecule has 0 saturated carbocycles. The van der Waals surface area contributed by atoms with E-state index in [9.17, 15) is 19.2 Å². The minimum Gasteiger partial charge on any atom is -0.373 e. The van der Waals surface area contributed by atoms with Gasteiger partial charge in [-0.05, 0) is 37.6 Å². The number of carbonyl (C=O) groups excluding carboxylic acids is 4. The van der Waals surface area contributed by atoms with E-state index in [1.807, 2.05) is 18.0 Å². The number of piperidine rings is 1. The van der Waals surface area contributed by atoms with Crippen LogP contribution in [0.3, 0.4) is 0 Å². The van der Waals surface area contributed by atoms with Crippen molar-refractivity contribution in [3.05, 3.63) is 29.3 Å². The molecule has 2 unspecified atom stereocenters. The predicted octanol–water partition coefficient (Wildman–Crippen LogP) is -0.114. The summed E-state index contributed by atoms with van der Waals surface area (Å²) < 4.78 is 0. The average molecular weight is 356 g/mol. The van der Waals surface area contributed by atoms with Gasteiger partial charge in [0.15, 0.2) is 0 Å². The zero-order valence-corrected chi connectivity index (χ0v) is 14.4. The van der Waals surface area contributed by atoms with Crippen molar-refractivity contribution in [1.29, 1.82) is 0 Å². The van der Waals surface area contributed by atoms with Crippen LogP contribution in [0.25, 0.3) is 0 Å². The van der Waals surface area contributed by atoms with Crippen LogP contribution >= 0.6 is 0 Å². The standard InChI is InChI=1S/C18H20N4O4/c1-21(9-10-6-7-19-10)11-2-3-12-13(8-11)18(26)22(17(12)25)14-4-5-15(23)20-16(14)24/h2-3,8,10,14,19H,4-7,9H2,1H3,(H,20,23,24). The van der Waals surface area contributed by atoms with Gasteiger partial charge in [-0.2, -0.15) is 0 Å². The van der Waals surface area contributed by atoms with Gasteiger partial charge in [-0.25, -0.2) is 0 Å². The Hall–Kier alpha value is -2.74. The lowest BCUT2D eigenvalue weighted by atomic mass is 10.0. The number of hydrogen-bond donors (Lipinski definition) is 2. The van der Waals surface area contributed by atoms with E-state index in [-0.39, 0.29) is 18.7 Å². The first kappa shape index (κ1) is 16.7. The monoisotopic (exact) mass is 356 g/mol. The quantitative estimate of drug-likeness (QED) is 0.730. The second-order valence-electron chi connectivity index (χ2n) is 7.00. The number of likely N-dealkylation sites (N-methyl/N-ethyl adjacent to an activating group) is 1. The van der Waals surface area contributed by atoms with Crippen molar-refractivity contribution in [2.45, 2.75) is 31.3 Å². The summed E-state index contributed by atoms with van der Waals surface area (Å²) in [5.41, 5.74) is 1.47. The number of carbonyl (C=O) groups is 4. The SMILES string of the molecule is CN(CC1CCN1)c1ccc2c(c1)C(=O)N(C1CCC(=O)NC1=O)C2=O. The molecule has 2 fully saturated rings. The number of rotatable bonds is 4. The summed E-state index contributed by atoms with van der Waals surface area (Å²) in [4.78, 5) is 51.9. The molecule has 0 aromatic heterocycles. The molecule has 0 bridgehead atoms. The molecule has 8 heteroatoms. The van der Waals surface area contributed by atoms with Gasteiger partial charge in [-0.15, -0.1) is 0 Å². The summed E-state index contributed by atoms with van der Waals surface area (Å²) in [5, 5.41) is 5.53. The molecular weight excluding hydrogens is 336 g/mol. The molecule has 3 heterocycles. The van der Waals surface area contributed by atoms with Gasteiger partial charge in [0.2, 0.25) is 11.8 Å². The van der Waals surface area contributed by atoms with Crippen LogP contribution in [0.4, 0.5) is 5.69 Å². The van der Waals surface area contributed by atoms with Crippen molar-refractivity contribution in [3.8, 4) is 0 Å². The summed E-state index contributed by atoms with van der Waals surface area (Å²) in [7, 11) is 1.95. The molecule has 4 amide bonds. The van der Waals surface area contributed by atoms with Gasteiger partial charge >= 0.3 is 0 Å². The van der Waals surface area contributed by atoms with Crippen LogP contribution in [0.2, 0.25) is 0 Å². The molecule has 136 valence electrons. The maximum absolute atomic E-state index is 12.8. The fourth-order valence-electron chi connectivity index (χ4n) is 3.64. The lowest BCUT2D eigenvalue weighted by molar-refractivity contribution is -0.136. The first-order chi connectivity index (χ1) is 12.5. The molecule has 26 heavy (non-hydrogen) atoms. The number of imide groups is 2. The lowest BCUT2D eigenvalue weighted by Crippen LogP contribution is -2.54. The molecule has 0 radical (unpaired) electrons. The second-order valence-corrected chi connectivity index (χ2v) is 7.00. The molecule has 1 aromatic rings. The number of benzene rings is 1. The van der Waals surface area contributed by atoms with Gasteiger partial charge in [0, 0.05) is 31.7 Å². The topological polar surface area (TPSA) is 98.8 Å². The predicted molar refractivity (Wildman–Crippen MR) is 92.8 cm³/mol. The van der Waals surface area contributed by atoms with Crippen LogP contribution in [0.5, 0.6) is 0 Å². The number of nitrogens with zero attached hydrogens (tertiary/aromatic N) is 2. The highest BCUT2D eigenvalue weighted by Gasteiger charge is 2.44. The van der Waals surface area contributed by atoms with E-state index in [1.165, 1.54) is 0 Å². The Balaban J connectivity index is 1.58. The maximum Gasteiger partial charge on any atom is 0.262 e. The smallest absolute Gasteiger partial charge is 0.262 e. The molecule has 8 nitrogen and oxygen atoms in total. The number of amides is 4. The Kier molecular flexibility index (Phi) is 3.99. The van der Waals surface area contributed by atoms with Gasteiger partial charge in [-0.3, -0.25) is 29.4 Å². The van der Waals surface area contributed by atoms with Gasteiger partial charge in [-0.1, -0.05) is 0 Å². The van der Waals surface area contributed by atoms with E-state index in [1.54, 1.807) is 12.1 Å². The first-order valence-corrected chi connectivity index (χ1v) is 8.76. The normalized spacial score (nSPS) is 25.0. The Morgan fingerprint density at radius 3 is 2.50 bits per heavy atom. The third kappa shape index (κ3) is 2.66. The van der Waals surface area contributed by atoms with Crippen molar-refractivity contribution >= 4 is 29.3 Å². The Morgan fingerprint density at radius 1 is 1.12 bits per heavy atom. The third-order valence-electron chi connectivity index (χ3n) is 5.28. The molecule has 2 saturated heterocycles. The summed E-state index contributed by atoms with van der Waals surface area (Å²) in [6, 6.07) is 4.67. The number of anilines is 1. The first-order valence-electron chi connectivity index (χ1n) is 8.76. The zero-order valence-electron chi connectivity index (χ0n) is 14.4. The van der Waals surface area contributed by atoms with E-state index in [0.29, 0.717) is 17.2 Å². The largest absolute Gasteiger partial charge is 0.373 e. The number of nitrogens with one attached hydrogen (secondary N) is 2. The van der Waals surface area contributed by atoms with Gasteiger partial charge in [0.05, 0.1) is 11.1 Å². The second kappa shape index (κ2) is 6.21. The van der Waals surface area contributed by atoms with E-state index >= 15 is 0 Å². The van der Waals surface area contributed by atoms with Crippen molar-refractivity contribution in [2.75, 3.05) is 25.0 Å². The van der Waals surface area contributed by atoms with E-state index in [4.69, 9.17) is 0 Å². The molecule has 1 aromatic carbocycles. The fourth-order valence-corrected chi connectivity index (χ4v) is 3.64. The van der Waals surface area contributed by atoms with Gasteiger partial charge in [0.25, 0.3) is 11.8 Å². The van der Waals surface area contributed by atoms with Crippen molar-refractivity contribution in [3.63, 3.8) is 0 Å². The molecule has 3 aliphatic heterocycles. The molecule has 3 aliphatic rings. The molecule has 0 aliphatic carbocycles. The Labute approximate surface area is 150 Å². The van der Waals surface area contributed by atoms with Crippen LogP contribution in [0.15, 0.2) is 18.2 Å². The highest BCUT2D eigenvalue weighted by atomic mass is 16.2. The Morgan fingerprint density at radius 2 is 1.85 bits per heavy atom. The lowest BCUT2D eigenvalue weighted by Gasteiger charge is -2.32. The van der Waals surface area contributed by atoms with Crippen LogP contribution in [-0.2, 0) is 9.59 Å². The van der Waals surface area contributed by atoms with Crippen molar-refractivity contribution in [1.82, 2.24) is 15.5 Å². The molecule has 0 spiro atoms. The van der Waals surface area contributed by atoms with Crippen LogP contribution in [0, 0.1) is 0 Å². The molecular formula is C18H20N4O4. The zero-order chi connectivity index (χ0) is 18.4. The average Bonchev–Trinajstić information content (AvgIpc) is 2.82. The van der Waals surface area contributed by atoms with E-state index < -0.39 is 23.8 Å². The van der Waals surface area contributed by atoms with Gasteiger partial charge < -0.3 is 10.2 Å². The minimum absolute atomic E-state index is 0.117. The fraction of sp³-hybridized carbons (Fsp3) is 0.444. The third-order valence-corrected chi connectivity index (χ3v) is 5.28. The summed E-state index contributed by atoms with van der Waals surface area (Å²) in [6.07, 6.45) is 1.40. The number of fused-ring (bicyclic) bond motifs is 1. The summed E-state index contributed by atoms with van der Waals surface area (Å²) >= 11 is 0. The molecule has 2 N–H and O–H groups in total. The van der Waals surface area contributed by atoms with Crippen LogP contribution in [-0.4, -0.2) is 60.7 Å². The van der Waals surface area contributed by atoms with E-state index in [2.05, 4.69) is 10.6 Å². The summed E-state index contributed by atoms with van der Waals surface area (Å²) in [5.74, 6) is -1.92. The number of hydrogen-bond acceptors (Lipinski definition) is 6. The minimum atomic E-state index is -0.930. The highest BCUT2D eigenvalue weighted by molar-refractivity contribution is 6.23. The maximum atomic E-state index is 12.8. The van der Waals surface area contributed by atoms with Crippen LogP contribution < -0.4 is 15.5 Å². The Bertz CT molecular complexity index is 817. The van der Waals surface area contributed by atoms with Crippen molar-refractivity contribution < 1.29 is 19.2 Å².